The maximum Gasteiger partial charge on any atom is 0.0959 e. The van der Waals surface area contributed by atoms with E-state index in [0.29, 0.717) is 19.1 Å². The molecule has 0 saturated carbocycles. The van der Waals surface area contributed by atoms with E-state index in [1.807, 2.05) is 17.2 Å². The number of hydrogen-bond acceptors (Lipinski definition) is 4. The van der Waals surface area contributed by atoms with Crippen LogP contribution in [0.2, 0.25) is 0 Å². The van der Waals surface area contributed by atoms with Gasteiger partial charge in [0.15, 0.2) is 0 Å². The molecule has 0 unspecified atom stereocenters. The molecule has 0 radical (unpaired) electrons. The van der Waals surface area contributed by atoms with Crippen molar-refractivity contribution in [3.8, 4) is 0 Å². The Labute approximate surface area is 147 Å². The van der Waals surface area contributed by atoms with Gasteiger partial charge in [-0.05, 0) is 49.6 Å². The highest BCUT2D eigenvalue weighted by molar-refractivity contribution is 5.77. The lowest BCUT2D eigenvalue weighted by atomic mass is 10.1. The van der Waals surface area contributed by atoms with Gasteiger partial charge in [-0.2, -0.15) is 5.10 Å². The van der Waals surface area contributed by atoms with Crippen LogP contribution in [0.25, 0.3) is 11.0 Å². The Morgan fingerprint density at radius 3 is 2.64 bits per heavy atom. The van der Waals surface area contributed by atoms with Crippen LogP contribution in [0.3, 0.4) is 0 Å². The van der Waals surface area contributed by atoms with Crippen molar-refractivity contribution < 1.29 is 5.11 Å². The van der Waals surface area contributed by atoms with E-state index in [4.69, 9.17) is 0 Å². The van der Waals surface area contributed by atoms with Gasteiger partial charge in [0.2, 0.25) is 0 Å². The zero-order valence-corrected chi connectivity index (χ0v) is 15.1. The van der Waals surface area contributed by atoms with Crippen LogP contribution in [-0.2, 0) is 6.54 Å². The molecule has 2 aromatic heterocycles. The van der Waals surface area contributed by atoms with Gasteiger partial charge in [0, 0.05) is 25.8 Å². The Kier molecular flexibility index (Phi) is 4.09. The summed E-state index contributed by atoms with van der Waals surface area (Å²) in [7, 11) is 0. The molecule has 1 aliphatic heterocycles. The first kappa shape index (κ1) is 16.3. The molecule has 3 aromatic rings. The monoisotopic (exact) mass is 339 g/mol. The summed E-state index contributed by atoms with van der Waals surface area (Å²) in [6, 6.07) is 4.70. The van der Waals surface area contributed by atoms with Crippen LogP contribution < -0.4 is 0 Å². The predicted molar refractivity (Wildman–Crippen MR) is 97.7 cm³/mol. The highest BCUT2D eigenvalue weighted by Gasteiger charge is 2.30. The standard InChI is InChI=1S/C19H25N5O/c1-13-6-21-24(7-13)16-8-22(9-16)10-17(25)11-23-12-20-18-4-14(2)15(3)5-19(18)23/h4-7,12,16-17,25H,8-11H2,1-3H3/t17-/m0/s1. The summed E-state index contributed by atoms with van der Waals surface area (Å²) < 4.78 is 4.09. The Morgan fingerprint density at radius 2 is 1.92 bits per heavy atom. The maximum atomic E-state index is 10.5. The number of fused-ring (bicyclic) bond motifs is 1. The second-order valence-corrected chi connectivity index (χ2v) is 7.35. The molecule has 0 aliphatic carbocycles. The predicted octanol–water partition coefficient (Wildman–Crippen LogP) is 2.08. The third-order valence-electron chi connectivity index (χ3n) is 5.16. The van der Waals surface area contributed by atoms with E-state index in [-0.39, 0.29) is 0 Å². The number of imidazole rings is 1. The molecule has 4 rings (SSSR count). The molecule has 0 bridgehead atoms. The molecule has 25 heavy (non-hydrogen) atoms. The van der Waals surface area contributed by atoms with Crippen LogP contribution in [0.5, 0.6) is 0 Å². The SMILES string of the molecule is Cc1cnn(C2CN(C[C@H](O)Cn3cnc4cc(C)c(C)cc43)C2)c1. The van der Waals surface area contributed by atoms with E-state index in [2.05, 4.69) is 58.7 Å². The Morgan fingerprint density at radius 1 is 1.16 bits per heavy atom. The number of benzene rings is 1. The number of aliphatic hydroxyl groups excluding tert-OH is 1. The summed E-state index contributed by atoms with van der Waals surface area (Å²) in [6.07, 6.45) is 5.41. The number of aliphatic hydroxyl groups is 1. The van der Waals surface area contributed by atoms with Crippen molar-refractivity contribution in [2.75, 3.05) is 19.6 Å². The van der Waals surface area contributed by atoms with Gasteiger partial charge in [-0.25, -0.2) is 4.98 Å². The van der Waals surface area contributed by atoms with E-state index in [1.165, 1.54) is 16.7 Å². The van der Waals surface area contributed by atoms with Gasteiger partial charge in [-0.1, -0.05) is 0 Å². The molecule has 1 fully saturated rings. The van der Waals surface area contributed by atoms with Crippen molar-refractivity contribution >= 4 is 11.0 Å². The summed E-state index contributed by atoms with van der Waals surface area (Å²) in [5.41, 5.74) is 5.78. The first-order valence-electron chi connectivity index (χ1n) is 8.83. The minimum Gasteiger partial charge on any atom is -0.390 e. The van der Waals surface area contributed by atoms with Crippen LogP contribution in [0, 0.1) is 20.8 Å². The average molecular weight is 339 g/mol. The van der Waals surface area contributed by atoms with Crippen molar-refractivity contribution in [1.82, 2.24) is 24.2 Å². The first-order valence-corrected chi connectivity index (χ1v) is 8.83. The Balaban J connectivity index is 1.35. The first-order chi connectivity index (χ1) is 12.0. The molecule has 0 spiro atoms. The van der Waals surface area contributed by atoms with Crippen molar-refractivity contribution in [2.45, 2.75) is 39.5 Å². The van der Waals surface area contributed by atoms with Gasteiger partial charge in [-0.15, -0.1) is 0 Å². The highest BCUT2D eigenvalue weighted by Crippen LogP contribution is 2.22. The van der Waals surface area contributed by atoms with E-state index >= 15 is 0 Å². The van der Waals surface area contributed by atoms with Gasteiger partial charge in [-0.3, -0.25) is 9.58 Å². The fraction of sp³-hybridized carbons (Fsp3) is 0.474. The highest BCUT2D eigenvalue weighted by atomic mass is 16.3. The molecule has 6 heteroatoms. The summed E-state index contributed by atoms with van der Waals surface area (Å²) >= 11 is 0. The van der Waals surface area contributed by atoms with Crippen LogP contribution in [0.15, 0.2) is 30.9 Å². The van der Waals surface area contributed by atoms with Gasteiger partial charge >= 0.3 is 0 Å². The van der Waals surface area contributed by atoms with Crippen molar-refractivity contribution in [3.05, 3.63) is 47.5 Å². The molecule has 1 N–H and O–H groups in total. The number of aryl methyl sites for hydroxylation is 3. The number of hydrogen-bond donors (Lipinski definition) is 1. The minimum absolute atomic E-state index is 0.403. The molecule has 1 atom stereocenters. The maximum absolute atomic E-state index is 10.5. The lowest BCUT2D eigenvalue weighted by Gasteiger charge is -2.40. The van der Waals surface area contributed by atoms with E-state index in [1.54, 1.807) is 0 Å². The Hall–Kier alpha value is -2.18. The molecule has 1 aromatic carbocycles. The van der Waals surface area contributed by atoms with Crippen molar-refractivity contribution in [1.29, 1.82) is 0 Å². The smallest absolute Gasteiger partial charge is 0.0959 e. The molecule has 0 amide bonds. The van der Waals surface area contributed by atoms with Crippen molar-refractivity contribution in [3.63, 3.8) is 0 Å². The van der Waals surface area contributed by atoms with Crippen LogP contribution in [-0.4, -0.2) is 55.1 Å². The number of β-amino-alcohol motifs (C(OH)–C–C–N with tert-alkyl or cyclic N) is 1. The molecule has 1 aliphatic rings. The number of nitrogens with zero attached hydrogens (tertiary/aromatic N) is 5. The third-order valence-corrected chi connectivity index (χ3v) is 5.16. The molecule has 132 valence electrons. The lowest BCUT2D eigenvalue weighted by Crippen LogP contribution is -2.51. The minimum atomic E-state index is -0.403. The fourth-order valence-corrected chi connectivity index (χ4v) is 3.53. The molecule has 1 saturated heterocycles. The molecule has 3 heterocycles. The van der Waals surface area contributed by atoms with E-state index in [9.17, 15) is 5.11 Å². The second-order valence-electron chi connectivity index (χ2n) is 7.35. The van der Waals surface area contributed by atoms with E-state index in [0.717, 1.165) is 24.1 Å². The summed E-state index contributed by atoms with van der Waals surface area (Å²) in [5.74, 6) is 0. The van der Waals surface area contributed by atoms with Gasteiger partial charge in [0.25, 0.3) is 0 Å². The average Bonchev–Trinajstić information content (AvgIpc) is 3.10. The normalized spacial score (nSPS) is 17.1. The number of rotatable bonds is 5. The van der Waals surface area contributed by atoms with Gasteiger partial charge in [0.1, 0.15) is 0 Å². The van der Waals surface area contributed by atoms with Gasteiger partial charge in [0.05, 0.1) is 42.2 Å². The lowest BCUT2D eigenvalue weighted by molar-refractivity contribution is 0.0343. The summed E-state index contributed by atoms with van der Waals surface area (Å²) in [5, 5.41) is 14.9. The quantitative estimate of drug-likeness (QED) is 0.773. The largest absolute Gasteiger partial charge is 0.390 e. The zero-order chi connectivity index (χ0) is 17.6. The number of likely N-dealkylation sites (tertiary alicyclic amines) is 1. The van der Waals surface area contributed by atoms with Crippen LogP contribution >= 0.6 is 0 Å². The Bertz CT molecular complexity index is 890. The molecular formula is C19H25N5O. The van der Waals surface area contributed by atoms with E-state index < -0.39 is 6.10 Å². The summed E-state index contributed by atoms with van der Waals surface area (Å²) in [4.78, 5) is 6.75. The molecular weight excluding hydrogens is 314 g/mol. The summed E-state index contributed by atoms with van der Waals surface area (Å²) in [6.45, 7) is 9.41. The van der Waals surface area contributed by atoms with Crippen molar-refractivity contribution in [2.24, 2.45) is 0 Å². The third kappa shape index (κ3) is 3.19. The topological polar surface area (TPSA) is 59.1 Å². The van der Waals surface area contributed by atoms with Gasteiger partial charge < -0.3 is 9.67 Å². The fourth-order valence-electron chi connectivity index (χ4n) is 3.53. The molecule has 6 nitrogen and oxygen atoms in total. The zero-order valence-electron chi connectivity index (χ0n) is 15.1. The van der Waals surface area contributed by atoms with Crippen LogP contribution in [0.4, 0.5) is 0 Å². The second kappa shape index (κ2) is 6.28. The number of aromatic nitrogens is 4. The van der Waals surface area contributed by atoms with Crippen LogP contribution in [0.1, 0.15) is 22.7 Å².